The molecule has 0 aliphatic rings. The second kappa shape index (κ2) is 8.12. The molecule has 3 aromatic heterocycles. The molecule has 0 spiro atoms. The molecule has 0 saturated carbocycles. The molecule has 0 N–H and O–H groups in total. The van der Waals surface area contributed by atoms with Gasteiger partial charge in [-0.05, 0) is 53.9 Å². The maximum absolute atomic E-state index is 4.65. The monoisotopic (exact) mass is 439 g/mol. The van der Waals surface area contributed by atoms with E-state index in [1.807, 2.05) is 50.8 Å². The van der Waals surface area contributed by atoms with E-state index in [4.69, 9.17) is 0 Å². The minimum atomic E-state index is 0.662. The van der Waals surface area contributed by atoms with E-state index in [-0.39, 0.29) is 0 Å². The normalized spacial score (nSPS) is 11.2. The summed E-state index contributed by atoms with van der Waals surface area (Å²) in [7, 11) is 0. The first-order valence-electron chi connectivity index (χ1n) is 11.2. The standard InChI is InChI=1S/C29H21N5/c1-18-32-19(2)34-29(33-18)24-12-22(27-16-30-14-20-7-3-5-9-25(20)27)11-23(13-24)28-17-31-15-21-8-4-6-10-26(21)28/h3-17H,1-2H3. The minimum Gasteiger partial charge on any atom is -0.263 e. The Morgan fingerprint density at radius 3 is 1.50 bits per heavy atom. The second-order valence-corrected chi connectivity index (χ2v) is 8.37. The van der Waals surface area contributed by atoms with Crippen molar-refractivity contribution in [3.8, 4) is 33.6 Å². The largest absolute Gasteiger partial charge is 0.263 e. The van der Waals surface area contributed by atoms with Crippen LogP contribution in [0.15, 0.2) is 91.5 Å². The van der Waals surface area contributed by atoms with Crippen LogP contribution in [-0.4, -0.2) is 24.9 Å². The predicted molar refractivity (Wildman–Crippen MR) is 136 cm³/mol. The van der Waals surface area contributed by atoms with Crippen molar-refractivity contribution in [2.45, 2.75) is 13.8 Å². The van der Waals surface area contributed by atoms with Gasteiger partial charge in [0, 0.05) is 52.3 Å². The van der Waals surface area contributed by atoms with Gasteiger partial charge in [0.05, 0.1) is 0 Å². The van der Waals surface area contributed by atoms with E-state index in [0.717, 1.165) is 49.4 Å². The Labute approximate surface area is 197 Å². The number of rotatable bonds is 3. The number of nitrogens with zero attached hydrogens (tertiary/aromatic N) is 5. The molecule has 0 bridgehead atoms. The molecule has 0 aliphatic carbocycles. The molecule has 0 amide bonds. The quantitative estimate of drug-likeness (QED) is 0.311. The summed E-state index contributed by atoms with van der Waals surface area (Å²) >= 11 is 0. The van der Waals surface area contributed by atoms with Crippen LogP contribution in [0.4, 0.5) is 0 Å². The van der Waals surface area contributed by atoms with Crippen molar-refractivity contribution in [2.24, 2.45) is 0 Å². The third-order valence-corrected chi connectivity index (χ3v) is 6.01. The summed E-state index contributed by atoms with van der Waals surface area (Å²) in [5, 5.41) is 4.51. The van der Waals surface area contributed by atoms with Gasteiger partial charge in [-0.1, -0.05) is 48.5 Å². The van der Waals surface area contributed by atoms with E-state index in [2.05, 4.69) is 79.5 Å². The molecule has 6 aromatic rings. The summed E-state index contributed by atoms with van der Waals surface area (Å²) in [4.78, 5) is 22.7. The van der Waals surface area contributed by atoms with Gasteiger partial charge in [-0.3, -0.25) is 9.97 Å². The summed E-state index contributed by atoms with van der Waals surface area (Å²) in [5.41, 5.74) is 5.18. The maximum Gasteiger partial charge on any atom is 0.163 e. The minimum absolute atomic E-state index is 0.662. The molecule has 3 aromatic carbocycles. The Morgan fingerprint density at radius 2 is 0.971 bits per heavy atom. The second-order valence-electron chi connectivity index (χ2n) is 8.37. The Hall–Kier alpha value is -4.51. The molecule has 0 saturated heterocycles. The third kappa shape index (κ3) is 3.57. The Morgan fingerprint density at radius 1 is 0.500 bits per heavy atom. The van der Waals surface area contributed by atoms with Crippen molar-refractivity contribution >= 4 is 21.5 Å². The van der Waals surface area contributed by atoms with Crippen LogP contribution >= 0.6 is 0 Å². The Bertz CT molecular complexity index is 1560. The zero-order valence-corrected chi connectivity index (χ0v) is 18.9. The molecular formula is C29H21N5. The van der Waals surface area contributed by atoms with Crippen LogP contribution in [-0.2, 0) is 0 Å². The van der Waals surface area contributed by atoms with E-state index in [9.17, 15) is 0 Å². The first-order valence-corrected chi connectivity index (χ1v) is 11.2. The molecular weight excluding hydrogens is 418 g/mol. The smallest absolute Gasteiger partial charge is 0.163 e. The van der Waals surface area contributed by atoms with Crippen molar-refractivity contribution < 1.29 is 0 Å². The average molecular weight is 440 g/mol. The molecule has 3 heterocycles. The van der Waals surface area contributed by atoms with Gasteiger partial charge in [0.25, 0.3) is 0 Å². The average Bonchev–Trinajstić information content (AvgIpc) is 2.87. The molecule has 0 aliphatic heterocycles. The van der Waals surface area contributed by atoms with Crippen molar-refractivity contribution in [1.82, 2.24) is 24.9 Å². The summed E-state index contributed by atoms with van der Waals surface area (Å²) < 4.78 is 0. The van der Waals surface area contributed by atoms with Crippen molar-refractivity contribution in [3.05, 3.63) is 103 Å². The molecule has 5 heteroatoms. The number of hydrogen-bond acceptors (Lipinski definition) is 5. The van der Waals surface area contributed by atoms with E-state index in [1.54, 1.807) is 0 Å². The summed E-state index contributed by atoms with van der Waals surface area (Å²) in [5.74, 6) is 2.07. The number of hydrogen-bond donors (Lipinski definition) is 0. The lowest BCUT2D eigenvalue weighted by Crippen LogP contribution is -1.99. The topological polar surface area (TPSA) is 64.5 Å². The number of aromatic nitrogens is 5. The van der Waals surface area contributed by atoms with E-state index < -0.39 is 0 Å². The van der Waals surface area contributed by atoms with Crippen LogP contribution in [0.2, 0.25) is 0 Å². The summed E-state index contributed by atoms with van der Waals surface area (Å²) in [6, 6.07) is 23.1. The first kappa shape index (κ1) is 20.1. The molecule has 0 fully saturated rings. The highest BCUT2D eigenvalue weighted by atomic mass is 15.0. The zero-order valence-electron chi connectivity index (χ0n) is 18.9. The lowest BCUT2D eigenvalue weighted by atomic mass is 9.93. The zero-order chi connectivity index (χ0) is 23.1. The van der Waals surface area contributed by atoms with Crippen LogP contribution in [0, 0.1) is 13.8 Å². The lowest BCUT2D eigenvalue weighted by molar-refractivity contribution is 0.928. The summed E-state index contributed by atoms with van der Waals surface area (Å²) in [6.45, 7) is 3.79. The van der Waals surface area contributed by atoms with Gasteiger partial charge >= 0.3 is 0 Å². The molecule has 6 rings (SSSR count). The van der Waals surface area contributed by atoms with Crippen molar-refractivity contribution in [1.29, 1.82) is 0 Å². The SMILES string of the molecule is Cc1nc(C)nc(-c2cc(-c3cncc4ccccc34)cc(-c3cncc4ccccc34)c2)n1. The predicted octanol–water partition coefficient (Wildman–Crippen LogP) is 6.59. The van der Waals surface area contributed by atoms with Gasteiger partial charge in [-0.25, -0.2) is 15.0 Å². The van der Waals surface area contributed by atoms with Crippen LogP contribution < -0.4 is 0 Å². The molecule has 34 heavy (non-hydrogen) atoms. The van der Waals surface area contributed by atoms with Gasteiger partial charge in [-0.15, -0.1) is 0 Å². The van der Waals surface area contributed by atoms with E-state index >= 15 is 0 Å². The highest BCUT2D eigenvalue weighted by molar-refractivity contribution is 6.00. The molecule has 0 unspecified atom stereocenters. The number of aryl methyl sites for hydroxylation is 2. The highest BCUT2D eigenvalue weighted by Gasteiger charge is 2.14. The molecule has 0 radical (unpaired) electrons. The van der Waals surface area contributed by atoms with Crippen LogP contribution in [0.1, 0.15) is 11.6 Å². The third-order valence-electron chi connectivity index (χ3n) is 6.01. The van der Waals surface area contributed by atoms with E-state index in [0.29, 0.717) is 17.5 Å². The van der Waals surface area contributed by atoms with Crippen LogP contribution in [0.3, 0.4) is 0 Å². The van der Waals surface area contributed by atoms with Crippen molar-refractivity contribution in [2.75, 3.05) is 0 Å². The van der Waals surface area contributed by atoms with Gasteiger partial charge in [0.2, 0.25) is 0 Å². The van der Waals surface area contributed by atoms with Crippen molar-refractivity contribution in [3.63, 3.8) is 0 Å². The number of pyridine rings is 2. The highest BCUT2D eigenvalue weighted by Crippen LogP contribution is 2.36. The molecule has 0 atom stereocenters. The first-order chi connectivity index (χ1) is 16.7. The molecule has 162 valence electrons. The number of fused-ring (bicyclic) bond motifs is 2. The van der Waals surface area contributed by atoms with Gasteiger partial charge in [0.1, 0.15) is 11.6 Å². The lowest BCUT2D eigenvalue weighted by Gasteiger charge is -2.13. The van der Waals surface area contributed by atoms with Gasteiger partial charge in [-0.2, -0.15) is 0 Å². The van der Waals surface area contributed by atoms with E-state index in [1.165, 1.54) is 0 Å². The fraction of sp³-hybridized carbons (Fsp3) is 0.0690. The fourth-order valence-corrected chi connectivity index (χ4v) is 4.51. The summed E-state index contributed by atoms with van der Waals surface area (Å²) in [6.07, 6.45) is 7.65. The molecule has 5 nitrogen and oxygen atoms in total. The maximum atomic E-state index is 4.65. The van der Waals surface area contributed by atoms with Crippen LogP contribution in [0.5, 0.6) is 0 Å². The Kier molecular flexibility index (Phi) is 4.81. The Balaban J connectivity index is 1.66. The fourth-order valence-electron chi connectivity index (χ4n) is 4.51. The van der Waals surface area contributed by atoms with Gasteiger partial charge in [0.15, 0.2) is 5.82 Å². The number of benzene rings is 3. The van der Waals surface area contributed by atoms with Gasteiger partial charge < -0.3 is 0 Å². The van der Waals surface area contributed by atoms with Crippen LogP contribution in [0.25, 0.3) is 55.2 Å².